The minimum Gasteiger partial charge on any atom is -0.872 e. The molecule has 0 aromatic heterocycles. The van der Waals surface area contributed by atoms with Gasteiger partial charge in [-0.25, -0.2) is 0 Å². The zero-order chi connectivity index (χ0) is 9.14. The van der Waals surface area contributed by atoms with E-state index in [1.807, 2.05) is 0 Å². The Morgan fingerprint density at radius 3 is 2.00 bits per heavy atom. The monoisotopic (exact) mass is 210 g/mol. The average molecular weight is 210 g/mol. The molecule has 0 heterocycles. The van der Waals surface area contributed by atoms with Gasteiger partial charge in [-0.3, -0.25) is 0 Å². The quantitative estimate of drug-likeness (QED) is 0.456. The van der Waals surface area contributed by atoms with E-state index in [4.69, 9.17) is 0 Å². The maximum Gasteiger partial charge on any atom is 1.00 e. The SMILES string of the molecule is CC(C(=O)[O-])c1ccc([O-])cc1.[Na+].[Na+]. The van der Waals surface area contributed by atoms with Crippen LogP contribution in [-0.2, 0) is 4.79 Å². The molecule has 1 atom stereocenters. The van der Waals surface area contributed by atoms with Crippen molar-refractivity contribution in [3.63, 3.8) is 0 Å². The first-order chi connectivity index (χ1) is 5.61. The van der Waals surface area contributed by atoms with Crippen molar-refractivity contribution in [1.82, 2.24) is 0 Å². The maximum absolute atomic E-state index is 10.7. The predicted molar refractivity (Wildman–Crippen MR) is 39.3 cm³/mol. The molecule has 0 fully saturated rings. The zero-order valence-corrected chi connectivity index (χ0v) is 12.6. The fourth-order valence-electron chi connectivity index (χ4n) is 0.893. The summed E-state index contributed by atoms with van der Waals surface area (Å²) in [6.07, 6.45) is 0. The Balaban J connectivity index is 0. The molecule has 0 radical (unpaired) electrons. The van der Waals surface area contributed by atoms with Crippen molar-refractivity contribution in [2.45, 2.75) is 12.8 Å². The second kappa shape index (κ2) is 7.74. The summed E-state index contributed by atoms with van der Waals surface area (Å²) < 4.78 is 0. The molecule has 64 valence electrons. The summed E-state index contributed by atoms with van der Waals surface area (Å²) in [5.74, 6) is -1.91. The molecule has 0 saturated heterocycles. The summed E-state index contributed by atoms with van der Waals surface area (Å²) in [7, 11) is 0. The Morgan fingerprint density at radius 2 is 1.64 bits per heavy atom. The van der Waals surface area contributed by atoms with Gasteiger partial charge in [0, 0.05) is 11.9 Å². The van der Waals surface area contributed by atoms with Gasteiger partial charge in [0.2, 0.25) is 0 Å². The summed E-state index contributed by atoms with van der Waals surface area (Å²) in [6.45, 7) is 1.52. The van der Waals surface area contributed by atoms with Crippen LogP contribution in [0.2, 0.25) is 0 Å². The standard InChI is InChI=1S/C9H10O3.2Na/c1-6(9(11)12)7-2-4-8(10)5-3-7;;/h2-6,10H,1H3,(H,11,12);;/q;2*+1/p-2. The molecule has 0 saturated carbocycles. The van der Waals surface area contributed by atoms with E-state index in [0.29, 0.717) is 5.56 Å². The van der Waals surface area contributed by atoms with Gasteiger partial charge < -0.3 is 15.0 Å². The molecule has 1 aromatic rings. The molecular weight excluding hydrogens is 202 g/mol. The molecule has 0 spiro atoms. The zero-order valence-electron chi connectivity index (χ0n) is 8.61. The first-order valence-corrected chi connectivity index (χ1v) is 3.59. The third-order valence-electron chi connectivity index (χ3n) is 1.73. The molecule has 1 rings (SSSR count). The van der Waals surface area contributed by atoms with Crippen LogP contribution in [0.15, 0.2) is 24.3 Å². The van der Waals surface area contributed by atoms with Crippen LogP contribution in [0.4, 0.5) is 0 Å². The molecule has 0 amide bonds. The molecule has 0 bridgehead atoms. The van der Waals surface area contributed by atoms with Crippen LogP contribution in [-0.4, -0.2) is 5.97 Å². The Labute approximate surface area is 127 Å². The van der Waals surface area contributed by atoms with Gasteiger partial charge in [-0.1, -0.05) is 31.2 Å². The smallest absolute Gasteiger partial charge is 0.872 e. The van der Waals surface area contributed by atoms with Crippen LogP contribution in [0.1, 0.15) is 18.4 Å². The number of hydrogen-bond donors (Lipinski definition) is 0. The number of carboxylic acid groups (broad SMARTS) is 1. The van der Waals surface area contributed by atoms with Crippen LogP contribution >= 0.6 is 0 Å². The first kappa shape index (κ1) is 16.9. The summed E-state index contributed by atoms with van der Waals surface area (Å²) in [5, 5.41) is 21.0. The second-order valence-corrected chi connectivity index (χ2v) is 2.61. The molecule has 0 aliphatic heterocycles. The molecule has 5 heteroatoms. The molecule has 1 unspecified atom stereocenters. The van der Waals surface area contributed by atoms with E-state index in [1.165, 1.54) is 31.2 Å². The number of carboxylic acids is 1. The topological polar surface area (TPSA) is 63.2 Å². The summed E-state index contributed by atoms with van der Waals surface area (Å²) in [5.41, 5.74) is 0.592. The van der Waals surface area contributed by atoms with Crippen molar-refractivity contribution in [2.75, 3.05) is 0 Å². The van der Waals surface area contributed by atoms with Gasteiger partial charge in [-0.15, -0.1) is 5.75 Å². The number of rotatable bonds is 2. The van der Waals surface area contributed by atoms with Crippen molar-refractivity contribution in [3.05, 3.63) is 29.8 Å². The van der Waals surface area contributed by atoms with E-state index in [-0.39, 0.29) is 64.9 Å². The van der Waals surface area contributed by atoms with Gasteiger partial charge in [0.15, 0.2) is 0 Å². The Morgan fingerprint density at radius 1 is 1.21 bits per heavy atom. The molecule has 14 heavy (non-hydrogen) atoms. The van der Waals surface area contributed by atoms with E-state index < -0.39 is 11.9 Å². The van der Waals surface area contributed by atoms with Gasteiger partial charge >= 0.3 is 59.1 Å². The van der Waals surface area contributed by atoms with Gasteiger partial charge in [0.25, 0.3) is 0 Å². The predicted octanol–water partition coefficient (Wildman–Crippen LogP) is -6.38. The Hall–Kier alpha value is 0.490. The minimum absolute atomic E-state index is 0. The van der Waals surface area contributed by atoms with Gasteiger partial charge in [0.1, 0.15) is 0 Å². The third-order valence-corrected chi connectivity index (χ3v) is 1.73. The molecule has 0 aliphatic carbocycles. The van der Waals surface area contributed by atoms with Crippen molar-refractivity contribution < 1.29 is 74.1 Å². The van der Waals surface area contributed by atoms with E-state index in [0.717, 1.165) is 0 Å². The number of hydrogen-bond acceptors (Lipinski definition) is 3. The summed E-state index contributed by atoms with van der Waals surface area (Å²) >= 11 is 0. The van der Waals surface area contributed by atoms with Crippen molar-refractivity contribution >= 4 is 5.97 Å². The second-order valence-electron chi connectivity index (χ2n) is 2.61. The Bertz CT molecular complexity index is 285. The van der Waals surface area contributed by atoms with E-state index in [1.54, 1.807) is 0 Å². The molecule has 1 aromatic carbocycles. The van der Waals surface area contributed by atoms with E-state index in [2.05, 4.69) is 0 Å². The van der Waals surface area contributed by atoms with Crippen LogP contribution in [0.25, 0.3) is 0 Å². The third kappa shape index (κ3) is 4.82. The average Bonchev–Trinajstić information content (AvgIpc) is 2.04. The molecule has 0 aliphatic rings. The summed E-state index contributed by atoms with van der Waals surface area (Å²) in [6, 6.07) is 5.69. The minimum atomic E-state index is -1.13. The molecule has 0 N–H and O–H groups in total. The molecular formula is C9H8Na2O3. The summed E-state index contributed by atoms with van der Waals surface area (Å²) in [4.78, 5) is 10.4. The van der Waals surface area contributed by atoms with Gasteiger partial charge in [0.05, 0.1) is 0 Å². The van der Waals surface area contributed by atoms with Gasteiger partial charge in [-0.2, -0.15) is 0 Å². The number of benzene rings is 1. The van der Waals surface area contributed by atoms with E-state index >= 15 is 0 Å². The van der Waals surface area contributed by atoms with Crippen molar-refractivity contribution in [1.29, 1.82) is 0 Å². The van der Waals surface area contributed by atoms with Crippen LogP contribution in [0.3, 0.4) is 0 Å². The van der Waals surface area contributed by atoms with Crippen LogP contribution in [0, 0.1) is 0 Å². The fraction of sp³-hybridized carbons (Fsp3) is 0.222. The number of aliphatic carboxylic acids is 1. The normalized spacial score (nSPS) is 10.6. The maximum atomic E-state index is 10.7. The van der Waals surface area contributed by atoms with E-state index in [9.17, 15) is 15.0 Å². The van der Waals surface area contributed by atoms with Crippen molar-refractivity contribution in [2.24, 2.45) is 0 Å². The Kier molecular flexibility index (Phi) is 9.34. The number of carbonyl (C=O) groups excluding carboxylic acids is 1. The molecule has 3 nitrogen and oxygen atoms in total. The van der Waals surface area contributed by atoms with Crippen molar-refractivity contribution in [3.8, 4) is 5.75 Å². The fourth-order valence-corrected chi connectivity index (χ4v) is 0.893. The van der Waals surface area contributed by atoms with Gasteiger partial charge in [-0.05, 0) is 5.56 Å². The number of carbonyl (C=O) groups is 1. The van der Waals surface area contributed by atoms with Crippen LogP contribution in [0.5, 0.6) is 5.75 Å². The van der Waals surface area contributed by atoms with Crippen LogP contribution < -0.4 is 69.3 Å². The first-order valence-electron chi connectivity index (χ1n) is 3.59. The largest absolute Gasteiger partial charge is 1.00 e.